The van der Waals surface area contributed by atoms with Crippen molar-refractivity contribution in [2.75, 3.05) is 13.7 Å². The molecule has 1 N–H and O–H groups in total. The zero-order chi connectivity index (χ0) is 13.5. The molecule has 0 radical (unpaired) electrons. The van der Waals surface area contributed by atoms with Crippen molar-refractivity contribution in [3.05, 3.63) is 36.5 Å². The fourth-order valence-corrected chi connectivity index (χ4v) is 1.37. The van der Waals surface area contributed by atoms with Gasteiger partial charge in [0.1, 0.15) is 0 Å². The summed E-state index contributed by atoms with van der Waals surface area (Å²) in [4.78, 5) is 10.8. The van der Waals surface area contributed by atoms with E-state index >= 15 is 0 Å². The summed E-state index contributed by atoms with van der Waals surface area (Å²) in [7, 11) is 1.42. The van der Waals surface area contributed by atoms with Gasteiger partial charge in [-0.25, -0.2) is 0 Å². The Morgan fingerprint density at radius 3 is 2.22 bits per heavy atom. The van der Waals surface area contributed by atoms with Crippen LogP contribution in [0.25, 0.3) is 0 Å². The Hall–Kier alpha value is -1.35. The van der Waals surface area contributed by atoms with Gasteiger partial charge in [0.15, 0.2) is 0 Å². The van der Waals surface area contributed by atoms with Crippen LogP contribution in [-0.4, -0.2) is 24.8 Å². The standard InChI is InChI=1S/C15H24O3/c1-18-15(17)13-11-9-7-5-3-2-4-6-8-10-12-14-16/h3-6,10,12,16H,2,7-9,11,13-14H2,1H3. The summed E-state index contributed by atoms with van der Waals surface area (Å²) >= 11 is 0. The highest BCUT2D eigenvalue weighted by Crippen LogP contribution is 2.02. The Bertz CT molecular complexity index is 277. The molecule has 0 saturated carbocycles. The Morgan fingerprint density at radius 2 is 1.61 bits per heavy atom. The minimum absolute atomic E-state index is 0.110. The van der Waals surface area contributed by atoms with Gasteiger partial charge in [-0.05, 0) is 32.1 Å². The van der Waals surface area contributed by atoms with Crippen LogP contribution in [0.5, 0.6) is 0 Å². The molecule has 3 heteroatoms. The largest absolute Gasteiger partial charge is 0.469 e. The van der Waals surface area contributed by atoms with E-state index in [1.165, 1.54) is 7.11 Å². The molecule has 3 nitrogen and oxygen atoms in total. The van der Waals surface area contributed by atoms with Crippen LogP contribution >= 0.6 is 0 Å². The average molecular weight is 252 g/mol. The van der Waals surface area contributed by atoms with Crippen LogP contribution in [0.1, 0.15) is 38.5 Å². The van der Waals surface area contributed by atoms with Crippen molar-refractivity contribution in [1.82, 2.24) is 0 Å². The van der Waals surface area contributed by atoms with Crippen LogP contribution in [0.4, 0.5) is 0 Å². The van der Waals surface area contributed by atoms with Gasteiger partial charge in [0.25, 0.3) is 0 Å². The van der Waals surface area contributed by atoms with Gasteiger partial charge < -0.3 is 9.84 Å². The molecule has 18 heavy (non-hydrogen) atoms. The lowest BCUT2D eigenvalue weighted by Gasteiger charge is -1.96. The summed E-state index contributed by atoms with van der Waals surface area (Å²) in [6.45, 7) is 0.110. The van der Waals surface area contributed by atoms with E-state index in [0.29, 0.717) is 6.42 Å². The van der Waals surface area contributed by atoms with Gasteiger partial charge in [-0.2, -0.15) is 0 Å². The summed E-state index contributed by atoms with van der Waals surface area (Å²) in [5, 5.41) is 8.51. The van der Waals surface area contributed by atoms with Crippen molar-refractivity contribution in [3.8, 4) is 0 Å². The van der Waals surface area contributed by atoms with Gasteiger partial charge in [0.05, 0.1) is 13.7 Å². The second-order valence-electron chi connectivity index (χ2n) is 3.89. The molecular weight excluding hydrogens is 228 g/mol. The minimum atomic E-state index is -0.127. The quantitative estimate of drug-likeness (QED) is 0.369. The number of unbranched alkanes of at least 4 members (excludes halogenated alkanes) is 2. The minimum Gasteiger partial charge on any atom is -0.469 e. The lowest BCUT2D eigenvalue weighted by molar-refractivity contribution is -0.140. The van der Waals surface area contributed by atoms with E-state index in [-0.39, 0.29) is 12.6 Å². The van der Waals surface area contributed by atoms with E-state index in [1.807, 2.05) is 6.08 Å². The molecule has 102 valence electrons. The predicted octanol–water partition coefficient (Wildman–Crippen LogP) is 3.16. The van der Waals surface area contributed by atoms with Crippen molar-refractivity contribution in [2.45, 2.75) is 38.5 Å². The van der Waals surface area contributed by atoms with E-state index in [0.717, 1.165) is 32.1 Å². The number of hydrogen-bond donors (Lipinski definition) is 1. The maximum Gasteiger partial charge on any atom is 0.305 e. The summed E-state index contributed by atoms with van der Waals surface area (Å²) in [6.07, 6.45) is 17.4. The number of rotatable bonds is 10. The molecule has 0 heterocycles. The second-order valence-corrected chi connectivity index (χ2v) is 3.89. The van der Waals surface area contributed by atoms with Crippen LogP contribution in [0.3, 0.4) is 0 Å². The number of esters is 1. The normalized spacial score (nSPS) is 11.9. The number of aliphatic hydroxyl groups is 1. The topological polar surface area (TPSA) is 46.5 Å². The Morgan fingerprint density at radius 1 is 1.00 bits per heavy atom. The van der Waals surface area contributed by atoms with E-state index in [4.69, 9.17) is 5.11 Å². The van der Waals surface area contributed by atoms with Gasteiger partial charge in [-0.3, -0.25) is 4.79 Å². The first-order chi connectivity index (χ1) is 8.81. The molecular formula is C15H24O3. The van der Waals surface area contributed by atoms with Crippen molar-refractivity contribution >= 4 is 5.97 Å². The van der Waals surface area contributed by atoms with Crippen molar-refractivity contribution < 1.29 is 14.6 Å². The van der Waals surface area contributed by atoms with Crippen LogP contribution in [0, 0.1) is 0 Å². The summed E-state index contributed by atoms with van der Waals surface area (Å²) in [6, 6.07) is 0. The molecule has 0 saturated heterocycles. The third-order valence-electron chi connectivity index (χ3n) is 2.38. The van der Waals surface area contributed by atoms with E-state index in [9.17, 15) is 4.79 Å². The average Bonchev–Trinajstić information content (AvgIpc) is 2.39. The number of methoxy groups -OCH3 is 1. The van der Waals surface area contributed by atoms with E-state index in [1.54, 1.807) is 6.08 Å². The Balaban J connectivity index is 3.33. The second kappa shape index (κ2) is 13.7. The van der Waals surface area contributed by atoms with Gasteiger partial charge in [-0.1, -0.05) is 36.5 Å². The first-order valence-corrected chi connectivity index (χ1v) is 6.44. The lowest BCUT2D eigenvalue weighted by Crippen LogP contribution is -1.98. The smallest absolute Gasteiger partial charge is 0.305 e. The molecule has 0 spiro atoms. The van der Waals surface area contributed by atoms with Gasteiger partial charge in [0.2, 0.25) is 0 Å². The number of hydrogen-bond acceptors (Lipinski definition) is 3. The maximum atomic E-state index is 10.8. The lowest BCUT2D eigenvalue weighted by atomic mass is 10.2. The highest BCUT2D eigenvalue weighted by molar-refractivity contribution is 5.68. The molecule has 0 aliphatic rings. The third-order valence-corrected chi connectivity index (χ3v) is 2.38. The monoisotopic (exact) mass is 252 g/mol. The number of allylic oxidation sites excluding steroid dienone is 5. The van der Waals surface area contributed by atoms with Crippen LogP contribution in [-0.2, 0) is 9.53 Å². The number of ether oxygens (including phenoxy) is 1. The van der Waals surface area contributed by atoms with Gasteiger partial charge in [0, 0.05) is 6.42 Å². The highest BCUT2D eigenvalue weighted by Gasteiger charge is 1.97. The van der Waals surface area contributed by atoms with Crippen molar-refractivity contribution in [3.63, 3.8) is 0 Å². The zero-order valence-corrected chi connectivity index (χ0v) is 11.2. The summed E-state index contributed by atoms with van der Waals surface area (Å²) in [5.41, 5.74) is 0. The molecule has 0 aliphatic heterocycles. The van der Waals surface area contributed by atoms with Crippen LogP contribution in [0.15, 0.2) is 36.5 Å². The maximum absolute atomic E-state index is 10.8. The number of carbonyl (C=O) groups excluding carboxylic acids is 1. The fourth-order valence-electron chi connectivity index (χ4n) is 1.37. The molecule has 0 rings (SSSR count). The molecule has 0 amide bonds. The van der Waals surface area contributed by atoms with Gasteiger partial charge in [-0.15, -0.1) is 0 Å². The fraction of sp³-hybridized carbons (Fsp3) is 0.533. The highest BCUT2D eigenvalue weighted by atomic mass is 16.5. The molecule has 0 unspecified atom stereocenters. The molecule has 0 atom stereocenters. The predicted molar refractivity (Wildman–Crippen MR) is 74.2 cm³/mol. The Labute approximate surface area is 110 Å². The van der Waals surface area contributed by atoms with Crippen molar-refractivity contribution in [2.24, 2.45) is 0 Å². The van der Waals surface area contributed by atoms with Crippen LogP contribution < -0.4 is 0 Å². The van der Waals surface area contributed by atoms with E-state index in [2.05, 4.69) is 29.0 Å². The molecule has 0 fully saturated rings. The first-order valence-electron chi connectivity index (χ1n) is 6.44. The summed E-state index contributed by atoms with van der Waals surface area (Å²) < 4.78 is 4.56. The zero-order valence-electron chi connectivity index (χ0n) is 11.2. The van der Waals surface area contributed by atoms with E-state index < -0.39 is 0 Å². The number of aliphatic hydroxyl groups excluding tert-OH is 1. The molecule has 0 bridgehead atoms. The number of carbonyl (C=O) groups is 1. The first kappa shape index (κ1) is 16.6. The summed E-state index contributed by atoms with van der Waals surface area (Å²) in [5.74, 6) is -0.127. The molecule has 0 aromatic carbocycles. The van der Waals surface area contributed by atoms with Gasteiger partial charge >= 0.3 is 5.97 Å². The molecule has 0 aliphatic carbocycles. The molecule has 0 aromatic rings. The Kier molecular flexibility index (Phi) is 12.7. The molecule has 0 aromatic heterocycles. The van der Waals surface area contributed by atoms with Crippen LogP contribution in [0.2, 0.25) is 0 Å². The third kappa shape index (κ3) is 12.7. The SMILES string of the molecule is COC(=O)CCCCC=CCC=CCC=CCO. The van der Waals surface area contributed by atoms with Crippen molar-refractivity contribution in [1.29, 1.82) is 0 Å².